The summed E-state index contributed by atoms with van der Waals surface area (Å²) >= 11 is 4.36. The number of carbonyl (C=O) groups is 2. The van der Waals surface area contributed by atoms with Crippen molar-refractivity contribution < 1.29 is 14.3 Å². The molecule has 0 unspecified atom stereocenters. The lowest BCUT2D eigenvalue weighted by Gasteiger charge is -2.10. The largest absolute Gasteiger partial charge is 0.465 e. The van der Waals surface area contributed by atoms with Crippen molar-refractivity contribution in [1.82, 2.24) is 14.8 Å². The van der Waals surface area contributed by atoms with E-state index in [1.807, 2.05) is 48.9 Å². The van der Waals surface area contributed by atoms with Crippen molar-refractivity contribution in [1.29, 1.82) is 0 Å². The van der Waals surface area contributed by atoms with E-state index in [1.54, 1.807) is 11.3 Å². The van der Waals surface area contributed by atoms with Gasteiger partial charge in [0.15, 0.2) is 11.0 Å². The summed E-state index contributed by atoms with van der Waals surface area (Å²) in [5.41, 5.74) is 5.25. The second-order valence-corrected chi connectivity index (χ2v) is 11.7. The number of rotatable bonds is 9. The molecule has 0 bridgehead atoms. The topological polar surface area (TPSA) is 86.1 Å². The lowest BCUT2D eigenvalue weighted by atomic mass is 9.97. The zero-order valence-electron chi connectivity index (χ0n) is 21.7. The molecule has 0 aliphatic rings. The Hall–Kier alpha value is -2.95. The maximum atomic E-state index is 12.9. The van der Waals surface area contributed by atoms with Gasteiger partial charge in [0.2, 0.25) is 5.91 Å². The van der Waals surface area contributed by atoms with Crippen LogP contribution in [0.15, 0.2) is 40.2 Å². The second kappa shape index (κ2) is 11.6. The number of methoxy groups -OCH3 is 1. The van der Waals surface area contributed by atoms with Crippen molar-refractivity contribution in [3.05, 3.63) is 56.6 Å². The van der Waals surface area contributed by atoms with Crippen LogP contribution in [0, 0.1) is 13.8 Å². The summed E-state index contributed by atoms with van der Waals surface area (Å²) in [6.07, 6.45) is 0. The molecule has 4 rings (SSSR count). The lowest BCUT2D eigenvalue weighted by molar-refractivity contribution is -0.113. The molecule has 10 heteroatoms. The van der Waals surface area contributed by atoms with E-state index in [2.05, 4.69) is 40.8 Å². The molecule has 0 atom stereocenters. The molecule has 3 heterocycles. The van der Waals surface area contributed by atoms with Crippen LogP contribution in [0.3, 0.4) is 0 Å². The highest BCUT2D eigenvalue weighted by Crippen LogP contribution is 2.38. The number of aromatic nitrogens is 3. The molecule has 0 radical (unpaired) electrons. The van der Waals surface area contributed by atoms with E-state index in [0.717, 1.165) is 33.6 Å². The van der Waals surface area contributed by atoms with Gasteiger partial charge in [-0.1, -0.05) is 49.4 Å². The monoisotopic (exact) mass is 554 g/mol. The maximum absolute atomic E-state index is 12.9. The average molecular weight is 555 g/mol. The fourth-order valence-corrected chi connectivity index (χ4v) is 6.61. The van der Waals surface area contributed by atoms with E-state index in [4.69, 9.17) is 4.74 Å². The van der Waals surface area contributed by atoms with Gasteiger partial charge in [-0.3, -0.25) is 4.79 Å². The lowest BCUT2D eigenvalue weighted by Crippen LogP contribution is -2.16. The first kappa shape index (κ1) is 27.1. The van der Waals surface area contributed by atoms with Gasteiger partial charge < -0.3 is 14.6 Å². The Labute approximate surface area is 229 Å². The van der Waals surface area contributed by atoms with Crippen molar-refractivity contribution in [2.45, 2.75) is 52.2 Å². The summed E-state index contributed by atoms with van der Waals surface area (Å²) in [4.78, 5) is 27.0. The van der Waals surface area contributed by atoms with Gasteiger partial charge in [-0.05, 0) is 43.9 Å². The van der Waals surface area contributed by atoms with Gasteiger partial charge in [-0.15, -0.1) is 32.9 Å². The smallest absolute Gasteiger partial charge is 0.341 e. The van der Waals surface area contributed by atoms with E-state index < -0.39 is 5.97 Å². The number of hydrogen-bond acceptors (Lipinski definition) is 8. The Balaban J connectivity index is 1.52. The van der Waals surface area contributed by atoms with Crippen LogP contribution in [0.4, 0.5) is 5.00 Å². The highest BCUT2D eigenvalue weighted by atomic mass is 32.2. The molecule has 1 N–H and O–H groups in total. The normalized spacial score (nSPS) is 11.2. The number of carbonyl (C=O) groups excluding carboxylic acids is 2. The molecule has 0 aliphatic carbocycles. The minimum absolute atomic E-state index is 0.135. The zero-order chi connectivity index (χ0) is 26.7. The molecule has 3 aromatic heterocycles. The van der Waals surface area contributed by atoms with Gasteiger partial charge in [0.05, 0.1) is 12.9 Å². The predicted octanol–water partition coefficient (Wildman–Crippen LogP) is 7.01. The van der Waals surface area contributed by atoms with Crippen molar-refractivity contribution >= 4 is 51.3 Å². The summed E-state index contributed by atoms with van der Waals surface area (Å²) < 4.78 is 7.08. The number of thiophene rings is 2. The molecule has 0 aliphatic heterocycles. The molecule has 0 saturated carbocycles. The van der Waals surface area contributed by atoms with Crippen molar-refractivity contribution in [2.24, 2.45) is 0 Å². The first-order valence-corrected chi connectivity index (χ1v) is 14.7. The van der Waals surface area contributed by atoms with Crippen LogP contribution in [0.25, 0.3) is 22.5 Å². The molecule has 194 valence electrons. The maximum Gasteiger partial charge on any atom is 0.341 e. The second-order valence-electron chi connectivity index (χ2n) is 8.94. The number of anilines is 1. The molecule has 1 amide bonds. The molecule has 0 fully saturated rings. The number of thioether (sulfide) groups is 1. The van der Waals surface area contributed by atoms with Crippen LogP contribution in [0.5, 0.6) is 0 Å². The van der Waals surface area contributed by atoms with Crippen molar-refractivity contribution in [2.75, 3.05) is 18.2 Å². The Bertz CT molecular complexity index is 1430. The van der Waals surface area contributed by atoms with E-state index in [-0.39, 0.29) is 11.7 Å². The SMILES string of the molecule is CCn1c(SCC(=O)Nc2scc(-c3cc(C)ccc3C)c2C(=O)OC)nnc1-c1csc(C(C)C)c1. The molecular weight excluding hydrogens is 525 g/mol. The molecule has 7 nitrogen and oxygen atoms in total. The van der Waals surface area contributed by atoms with E-state index in [0.29, 0.717) is 28.2 Å². The Kier molecular flexibility index (Phi) is 8.51. The van der Waals surface area contributed by atoms with Gasteiger partial charge in [-0.25, -0.2) is 4.79 Å². The van der Waals surface area contributed by atoms with Crippen LogP contribution in [-0.4, -0.2) is 39.5 Å². The highest BCUT2D eigenvalue weighted by molar-refractivity contribution is 7.99. The van der Waals surface area contributed by atoms with Crippen LogP contribution >= 0.6 is 34.4 Å². The van der Waals surface area contributed by atoms with Gasteiger partial charge in [0, 0.05) is 33.3 Å². The number of aryl methyl sites for hydroxylation is 2. The third-order valence-electron chi connectivity index (χ3n) is 5.93. The highest BCUT2D eigenvalue weighted by Gasteiger charge is 2.24. The molecular formula is C27H30N4O3S3. The van der Waals surface area contributed by atoms with Crippen LogP contribution in [-0.2, 0) is 16.1 Å². The van der Waals surface area contributed by atoms with Crippen LogP contribution in [0.2, 0.25) is 0 Å². The van der Waals surface area contributed by atoms with Crippen molar-refractivity contribution in [3.63, 3.8) is 0 Å². The van der Waals surface area contributed by atoms with E-state index in [9.17, 15) is 9.59 Å². The van der Waals surface area contributed by atoms with Gasteiger partial charge in [0.25, 0.3) is 0 Å². The molecule has 1 aromatic carbocycles. The summed E-state index contributed by atoms with van der Waals surface area (Å²) in [5.74, 6) is 0.687. The minimum Gasteiger partial charge on any atom is -0.465 e. The number of amides is 1. The number of nitrogens with one attached hydrogen (secondary N) is 1. The van der Waals surface area contributed by atoms with Crippen molar-refractivity contribution in [3.8, 4) is 22.5 Å². The molecule has 0 saturated heterocycles. The van der Waals surface area contributed by atoms with E-state index in [1.165, 1.54) is 35.1 Å². The molecule has 37 heavy (non-hydrogen) atoms. The number of hydrogen-bond donors (Lipinski definition) is 1. The number of benzene rings is 1. The summed E-state index contributed by atoms with van der Waals surface area (Å²) in [6, 6.07) is 8.25. The quantitative estimate of drug-likeness (QED) is 0.177. The van der Waals surface area contributed by atoms with Crippen LogP contribution < -0.4 is 5.32 Å². The summed E-state index contributed by atoms with van der Waals surface area (Å²) in [7, 11) is 1.35. The molecule has 4 aromatic rings. The fourth-order valence-electron chi connectivity index (χ4n) is 3.94. The average Bonchev–Trinajstić information content (AvgIpc) is 3.61. The van der Waals surface area contributed by atoms with Gasteiger partial charge in [0.1, 0.15) is 10.6 Å². The van der Waals surface area contributed by atoms with Gasteiger partial charge >= 0.3 is 5.97 Å². The van der Waals surface area contributed by atoms with Crippen LogP contribution in [0.1, 0.15) is 53.1 Å². The predicted molar refractivity (Wildman–Crippen MR) is 153 cm³/mol. The molecule has 0 spiro atoms. The number of esters is 1. The summed E-state index contributed by atoms with van der Waals surface area (Å²) in [6.45, 7) is 11.1. The summed E-state index contributed by atoms with van der Waals surface area (Å²) in [5, 5.41) is 16.8. The van der Waals surface area contributed by atoms with Gasteiger partial charge in [-0.2, -0.15) is 0 Å². The fraction of sp³-hybridized carbons (Fsp3) is 0.333. The Morgan fingerprint density at radius 3 is 2.57 bits per heavy atom. The third kappa shape index (κ3) is 5.81. The zero-order valence-corrected chi connectivity index (χ0v) is 24.2. The Morgan fingerprint density at radius 2 is 1.89 bits per heavy atom. The number of ether oxygens (including phenoxy) is 1. The number of nitrogens with zero attached hydrogens (tertiary/aromatic N) is 3. The Morgan fingerprint density at radius 1 is 1.11 bits per heavy atom. The minimum atomic E-state index is -0.480. The first-order chi connectivity index (χ1) is 17.7. The first-order valence-electron chi connectivity index (χ1n) is 12.0. The third-order valence-corrected chi connectivity index (χ3v) is 9.02. The standard InChI is InChI=1S/C27H30N4O3S3/c1-7-31-24(18-11-21(15(2)3)35-12-18)29-30-27(31)37-14-22(32)28-25-23(26(33)34-6)20(13-36-25)19-10-16(4)8-9-17(19)5/h8-13,15H,7,14H2,1-6H3,(H,28,32). The van der Waals surface area contributed by atoms with E-state index >= 15 is 0 Å².